The maximum atomic E-state index is 10.9. The molecular formula is C15H21N3O2. The van der Waals surface area contributed by atoms with Crippen molar-refractivity contribution < 1.29 is 4.92 Å². The van der Waals surface area contributed by atoms with Gasteiger partial charge in [-0.25, -0.2) is 0 Å². The van der Waals surface area contributed by atoms with Crippen molar-refractivity contribution >= 4 is 5.69 Å². The Morgan fingerprint density at radius 2 is 2.30 bits per heavy atom. The average Bonchev–Trinajstić information content (AvgIpc) is 2.99. The fraction of sp³-hybridized carbons (Fsp3) is 0.600. The summed E-state index contributed by atoms with van der Waals surface area (Å²) in [5.74, 6) is 1.50. The van der Waals surface area contributed by atoms with Crippen LogP contribution in [0.5, 0.6) is 0 Å². The van der Waals surface area contributed by atoms with Gasteiger partial charge in [0, 0.05) is 31.3 Å². The molecule has 3 unspecified atom stereocenters. The smallest absolute Gasteiger partial charge is 0.269 e. The first-order chi connectivity index (χ1) is 9.69. The average molecular weight is 275 g/mol. The van der Waals surface area contributed by atoms with E-state index in [1.54, 1.807) is 18.2 Å². The summed E-state index contributed by atoms with van der Waals surface area (Å²) in [6.07, 6.45) is 1.15. The molecule has 0 bridgehead atoms. The van der Waals surface area contributed by atoms with Gasteiger partial charge in [-0.3, -0.25) is 15.0 Å². The molecule has 2 aliphatic rings. The van der Waals surface area contributed by atoms with Crippen LogP contribution in [0, 0.1) is 22.0 Å². The van der Waals surface area contributed by atoms with E-state index in [-0.39, 0.29) is 10.6 Å². The molecule has 5 heteroatoms. The fourth-order valence-electron chi connectivity index (χ4n) is 3.86. The van der Waals surface area contributed by atoms with E-state index in [2.05, 4.69) is 17.1 Å². The highest BCUT2D eigenvalue weighted by Gasteiger charge is 2.42. The van der Waals surface area contributed by atoms with Crippen molar-refractivity contribution in [3.8, 4) is 0 Å². The Bertz CT molecular complexity index is 506. The van der Waals surface area contributed by atoms with Crippen LogP contribution in [0.1, 0.15) is 18.9 Å². The summed E-state index contributed by atoms with van der Waals surface area (Å²) in [5.41, 5.74) is 1.24. The number of nitro groups is 1. The van der Waals surface area contributed by atoms with Crippen molar-refractivity contribution in [3.63, 3.8) is 0 Å². The van der Waals surface area contributed by atoms with Gasteiger partial charge >= 0.3 is 0 Å². The van der Waals surface area contributed by atoms with Crippen LogP contribution in [0.15, 0.2) is 24.3 Å². The Morgan fingerprint density at radius 1 is 1.45 bits per heavy atom. The lowest BCUT2D eigenvalue weighted by Gasteiger charge is -2.26. The summed E-state index contributed by atoms with van der Waals surface area (Å²) in [5, 5.41) is 14.3. The van der Waals surface area contributed by atoms with Crippen molar-refractivity contribution in [1.29, 1.82) is 0 Å². The number of likely N-dealkylation sites (tertiary alicyclic amines) is 1. The second-order valence-electron chi connectivity index (χ2n) is 5.91. The maximum Gasteiger partial charge on any atom is 0.269 e. The molecule has 1 aromatic carbocycles. The van der Waals surface area contributed by atoms with E-state index in [0.717, 1.165) is 50.0 Å². The fourth-order valence-corrected chi connectivity index (χ4v) is 3.86. The van der Waals surface area contributed by atoms with Crippen LogP contribution < -0.4 is 5.32 Å². The number of hydrogen-bond donors (Lipinski definition) is 1. The van der Waals surface area contributed by atoms with E-state index in [1.165, 1.54) is 0 Å². The van der Waals surface area contributed by atoms with Gasteiger partial charge in [-0.05, 0) is 36.9 Å². The van der Waals surface area contributed by atoms with Crippen molar-refractivity contribution in [2.75, 3.05) is 19.6 Å². The monoisotopic (exact) mass is 275 g/mol. The van der Waals surface area contributed by atoms with Gasteiger partial charge in [0.05, 0.1) is 4.92 Å². The minimum absolute atomic E-state index is 0.191. The van der Waals surface area contributed by atoms with E-state index >= 15 is 0 Å². The molecule has 0 saturated carbocycles. The molecule has 3 rings (SSSR count). The second-order valence-corrected chi connectivity index (χ2v) is 5.91. The van der Waals surface area contributed by atoms with Gasteiger partial charge in [-0.2, -0.15) is 0 Å². The van der Waals surface area contributed by atoms with Gasteiger partial charge in [-0.1, -0.05) is 19.1 Å². The van der Waals surface area contributed by atoms with Crippen LogP contribution in [-0.2, 0) is 6.54 Å². The Kier molecular flexibility index (Phi) is 3.72. The van der Waals surface area contributed by atoms with Gasteiger partial charge in [0.25, 0.3) is 5.69 Å². The predicted octanol–water partition coefficient (Wildman–Crippen LogP) is 2.02. The molecule has 2 saturated heterocycles. The molecule has 0 aliphatic carbocycles. The third kappa shape index (κ3) is 2.43. The van der Waals surface area contributed by atoms with Crippen molar-refractivity contribution in [1.82, 2.24) is 10.2 Å². The normalized spacial score (nSPS) is 29.6. The third-order valence-electron chi connectivity index (χ3n) is 4.75. The summed E-state index contributed by atoms with van der Waals surface area (Å²) in [7, 11) is 0. The number of rotatable bonds is 4. The quantitative estimate of drug-likeness (QED) is 0.674. The number of nitro benzene ring substituents is 1. The van der Waals surface area contributed by atoms with Gasteiger partial charge in [-0.15, -0.1) is 0 Å². The van der Waals surface area contributed by atoms with Gasteiger partial charge < -0.3 is 5.32 Å². The minimum Gasteiger partial charge on any atom is -0.316 e. The Hall–Kier alpha value is -1.46. The number of benzene rings is 1. The minimum atomic E-state index is -0.316. The number of fused-ring (bicyclic) bond motifs is 1. The van der Waals surface area contributed by atoms with E-state index < -0.39 is 0 Å². The molecule has 1 aromatic rings. The lowest BCUT2D eigenvalue weighted by Crippen LogP contribution is -2.34. The number of nitrogens with one attached hydrogen (secondary N) is 1. The number of hydrogen-bond acceptors (Lipinski definition) is 4. The van der Waals surface area contributed by atoms with E-state index in [9.17, 15) is 10.1 Å². The second kappa shape index (κ2) is 5.50. The standard InChI is InChI=1S/C15H21N3O2/c1-2-15-14-8-16-7-12(14)10-17(15)9-11-4-3-5-13(6-11)18(19)20/h3-6,12,14-16H,2,7-10H2,1H3. The first-order valence-corrected chi connectivity index (χ1v) is 7.37. The SMILES string of the molecule is CCC1C2CNCC2CN1Cc1cccc([N+](=O)[O-])c1. The summed E-state index contributed by atoms with van der Waals surface area (Å²) >= 11 is 0. The summed E-state index contributed by atoms with van der Waals surface area (Å²) in [4.78, 5) is 13.0. The van der Waals surface area contributed by atoms with Crippen LogP contribution in [0.3, 0.4) is 0 Å². The number of non-ortho nitro benzene ring substituents is 1. The van der Waals surface area contributed by atoms with Crippen LogP contribution in [-0.4, -0.2) is 35.5 Å². The molecular weight excluding hydrogens is 254 g/mol. The van der Waals surface area contributed by atoms with E-state index in [0.29, 0.717) is 6.04 Å². The Balaban J connectivity index is 1.74. The van der Waals surface area contributed by atoms with Gasteiger partial charge in [0.15, 0.2) is 0 Å². The lowest BCUT2D eigenvalue weighted by molar-refractivity contribution is -0.384. The molecule has 5 nitrogen and oxygen atoms in total. The maximum absolute atomic E-state index is 10.9. The van der Waals surface area contributed by atoms with Crippen LogP contribution in [0.2, 0.25) is 0 Å². The molecule has 2 aliphatic heterocycles. The summed E-state index contributed by atoms with van der Waals surface area (Å²) < 4.78 is 0. The molecule has 0 amide bonds. The van der Waals surface area contributed by atoms with Gasteiger partial charge in [0.1, 0.15) is 0 Å². The van der Waals surface area contributed by atoms with Crippen molar-refractivity contribution in [3.05, 3.63) is 39.9 Å². The molecule has 3 atom stereocenters. The molecule has 1 N–H and O–H groups in total. The van der Waals surface area contributed by atoms with Gasteiger partial charge in [0.2, 0.25) is 0 Å². The number of nitrogens with zero attached hydrogens (tertiary/aromatic N) is 2. The highest BCUT2D eigenvalue weighted by atomic mass is 16.6. The zero-order chi connectivity index (χ0) is 14.1. The Labute approximate surface area is 119 Å². The zero-order valence-electron chi connectivity index (χ0n) is 11.8. The lowest BCUT2D eigenvalue weighted by atomic mass is 9.93. The summed E-state index contributed by atoms with van der Waals surface area (Å²) in [6.45, 7) is 6.42. The molecule has 2 heterocycles. The first kappa shape index (κ1) is 13.5. The zero-order valence-corrected chi connectivity index (χ0v) is 11.8. The van der Waals surface area contributed by atoms with E-state index in [1.807, 2.05) is 6.07 Å². The summed E-state index contributed by atoms with van der Waals surface area (Å²) in [6, 6.07) is 7.65. The topological polar surface area (TPSA) is 58.4 Å². The highest BCUT2D eigenvalue weighted by molar-refractivity contribution is 5.34. The largest absolute Gasteiger partial charge is 0.316 e. The van der Waals surface area contributed by atoms with Crippen molar-refractivity contribution in [2.45, 2.75) is 25.9 Å². The third-order valence-corrected chi connectivity index (χ3v) is 4.75. The predicted molar refractivity (Wildman–Crippen MR) is 77.4 cm³/mol. The van der Waals surface area contributed by atoms with Crippen LogP contribution >= 0.6 is 0 Å². The Morgan fingerprint density at radius 3 is 3.05 bits per heavy atom. The molecule has 0 aromatic heterocycles. The molecule has 0 spiro atoms. The first-order valence-electron chi connectivity index (χ1n) is 7.37. The molecule has 20 heavy (non-hydrogen) atoms. The molecule has 108 valence electrons. The molecule has 2 fully saturated rings. The van der Waals surface area contributed by atoms with Crippen molar-refractivity contribution in [2.24, 2.45) is 11.8 Å². The van der Waals surface area contributed by atoms with Crippen LogP contribution in [0.4, 0.5) is 5.69 Å². The molecule has 0 radical (unpaired) electrons. The van der Waals surface area contributed by atoms with Crippen LogP contribution in [0.25, 0.3) is 0 Å². The highest BCUT2D eigenvalue weighted by Crippen LogP contribution is 2.35. The van der Waals surface area contributed by atoms with E-state index in [4.69, 9.17) is 0 Å².